The number of methoxy groups -OCH3 is 1. The van der Waals surface area contributed by atoms with Crippen LogP contribution < -0.4 is 19.1 Å². The molecule has 9 heteroatoms. The number of carbonyl (C=O) groups is 1. The quantitative estimate of drug-likeness (QED) is 0.377. The first-order valence-corrected chi connectivity index (χ1v) is 12.7. The van der Waals surface area contributed by atoms with Gasteiger partial charge in [0, 0.05) is 6.54 Å². The lowest BCUT2D eigenvalue weighted by Crippen LogP contribution is -2.41. The Morgan fingerprint density at radius 3 is 2.34 bits per heavy atom. The van der Waals surface area contributed by atoms with Crippen molar-refractivity contribution in [3.63, 3.8) is 0 Å². The monoisotopic (exact) mass is 500 g/mol. The molecule has 1 N–H and O–H groups in total. The Morgan fingerprint density at radius 1 is 1.00 bits per heavy atom. The summed E-state index contributed by atoms with van der Waals surface area (Å²) >= 11 is 0. The number of carbonyl (C=O) groups excluding carboxylic acids is 1. The molecule has 0 heterocycles. The van der Waals surface area contributed by atoms with Gasteiger partial charge >= 0.3 is 0 Å². The van der Waals surface area contributed by atoms with Crippen molar-refractivity contribution in [2.24, 2.45) is 0 Å². The van der Waals surface area contributed by atoms with Crippen molar-refractivity contribution in [2.75, 3.05) is 31.1 Å². The summed E-state index contributed by atoms with van der Waals surface area (Å²) in [6.07, 6.45) is 1.34. The van der Waals surface area contributed by atoms with E-state index in [9.17, 15) is 17.6 Å². The van der Waals surface area contributed by atoms with Gasteiger partial charge < -0.3 is 14.8 Å². The molecule has 35 heavy (non-hydrogen) atoms. The Morgan fingerprint density at radius 2 is 1.69 bits per heavy atom. The third kappa shape index (κ3) is 6.95. The summed E-state index contributed by atoms with van der Waals surface area (Å²) in [5.74, 6) is 0.340. The topological polar surface area (TPSA) is 84.9 Å². The van der Waals surface area contributed by atoms with Gasteiger partial charge in [-0.05, 0) is 79.9 Å². The molecule has 186 valence electrons. The molecule has 1 amide bonds. The number of halogens is 1. The molecule has 0 fully saturated rings. The van der Waals surface area contributed by atoms with Crippen LogP contribution in [-0.2, 0) is 21.2 Å². The van der Waals surface area contributed by atoms with E-state index in [1.54, 1.807) is 19.2 Å². The molecular weight excluding hydrogens is 471 g/mol. The maximum absolute atomic E-state index is 13.5. The van der Waals surface area contributed by atoms with E-state index in [-0.39, 0.29) is 10.6 Å². The van der Waals surface area contributed by atoms with Crippen LogP contribution in [0.4, 0.5) is 10.1 Å². The molecule has 0 aliphatic heterocycles. The molecule has 0 bridgehead atoms. The molecule has 0 unspecified atom stereocenters. The third-order valence-electron chi connectivity index (χ3n) is 5.26. The van der Waals surface area contributed by atoms with E-state index in [2.05, 4.69) is 5.32 Å². The maximum atomic E-state index is 13.5. The molecule has 3 aromatic carbocycles. The summed E-state index contributed by atoms with van der Waals surface area (Å²) < 4.78 is 52.0. The molecule has 0 spiro atoms. The molecule has 0 aromatic heterocycles. The standard InChI is InChI=1S/C26H29FN2O5S/c1-3-34-23-14-16-24(17-15-23)35(31,32)29(22-12-10-21(27)11-13-22)19-26(30)28-18-6-8-20-7-4-5-9-25(20)33-2/h4-5,7,9-17H,3,6,8,18-19H2,1-2H3,(H,28,30). The molecule has 0 aliphatic carbocycles. The number of hydrogen-bond acceptors (Lipinski definition) is 5. The average Bonchev–Trinajstić information content (AvgIpc) is 2.86. The molecule has 7 nitrogen and oxygen atoms in total. The number of nitrogens with zero attached hydrogens (tertiary/aromatic N) is 1. The molecule has 0 aliphatic rings. The third-order valence-corrected chi connectivity index (χ3v) is 7.05. The molecule has 3 aromatic rings. The molecule has 0 atom stereocenters. The predicted octanol–water partition coefficient (Wildman–Crippen LogP) is 4.18. The summed E-state index contributed by atoms with van der Waals surface area (Å²) in [4.78, 5) is 12.7. The average molecular weight is 501 g/mol. The van der Waals surface area contributed by atoms with Gasteiger partial charge in [-0.2, -0.15) is 0 Å². The van der Waals surface area contributed by atoms with Crippen LogP contribution in [0, 0.1) is 5.82 Å². The van der Waals surface area contributed by atoms with Crippen LogP contribution in [0.5, 0.6) is 11.5 Å². The van der Waals surface area contributed by atoms with Gasteiger partial charge in [-0.15, -0.1) is 0 Å². The van der Waals surface area contributed by atoms with Crippen molar-refractivity contribution in [3.8, 4) is 11.5 Å². The first kappa shape index (κ1) is 26.0. The summed E-state index contributed by atoms with van der Waals surface area (Å²) in [7, 11) is -2.49. The number of rotatable bonds is 12. The van der Waals surface area contributed by atoms with Gasteiger partial charge in [-0.3, -0.25) is 9.10 Å². The molecule has 0 radical (unpaired) electrons. The van der Waals surface area contributed by atoms with Crippen LogP contribution in [0.25, 0.3) is 0 Å². The summed E-state index contributed by atoms with van der Waals surface area (Å²) in [6.45, 7) is 2.19. The minimum atomic E-state index is -4.10. The largest absolute Gasteiger partial charge is 0.496 e. The Labute approximate surface area is 205 Å². The van der Waals surface area contributed by atoms with Crippen LogP contribution in [0.3, 0.4) is 0 Å². The lowest BCUT2D eigenvalue weighted by molar-refractivity contribution is -0.119. The van der Waals surface area contributed by atoms with Gasteiger partial charge in [0.2, 0.25) is 5.91 Å². The number of aryl methyl sites for hydroxylation is 1. The summed E-state index contributed by atoms with van der Waals surface area (Å²) in [5.41, 5.74) is 1.21. The van der Waals surface area contributed by atoms with Crippen molar-refractivity contribution in [1.82, 2.24) is 5.32 Å². The number of anilines is 1. The first-order valence-electron chi connectivity index (χ1n) is 11.2. The Bertz CT molecular complexity index is 1220. The van der Waals surface area contributed by atoms with E-state index >= 15 is 0 Å². The van der Waals surface area contributed by atoms with Crippen molar-refractivity contribution >= 4 is 21.6 Å². The zero-order valence-corrected chi connectivity index (χ0v) is 20.6. The van der Waals surface area contributed by atoms with Crippen LogP contribution in [0.1, 0.15) is 18.9 Å². The number of amides is 1. The second-order valence-electron chi connectivity index (χ2n) is 7.66. The summed E-state index contributed by atoms with van der Waals surface area (Å²) in [6, 6.07) is 18.6. The maximum Gasteiger partial charge on any atom is 0.264 e. The van der Waals surface area contributed by atoms with E-state index in [1.165, 1.54) is 24.3 Å². The molecular formula is C26H29FN2O5S. The van der Waals surface area contributed by atoms with Crippen molar-refractivity contribution < 1.29 is 27.1 Å². The minimum absolute atomic E-state index is 0.00532. The first-order chi connectivity index (χ1) is 16.8. The lowest BCUT2D eigenvalue weighted by atomic mass is 10.1. The number of benzene rings is 3. The zero-order chi connectivity index (χ0) is 25.3. The number of sulfonamides is 1. The SMILES string of the molecule is CCOc1ccc(S(=O)(=O)N(CC(=O)NCCCc2ccccc2OC)c2ccc(F)cc2)cc1. The van der Waals surface area contributed by atoms with Crippen molar-refractivity contribution in [2.45, 2.75) is 24.7 Å². The normalized spacial score (nSPS) is 11.1. The second-order valence-corrected chi connectivity index (χ2v) is 9.52. The Balaban J connectivity index is 1.71. The highest BCUT2D eigenvalue weighted by molar-refractivity contribution is 7.92. The number of hydrogen-bond donors (Lipinski definition) is 1. The fourth-order valence-corrected chi connectivity index (χ4v) is 4.95. The van der Waals surface area contributed by atoms with Crippen LogP contribution in [-0.4, -0.2) is 41.1 Å². The Hall–Kier alpha value is -3.59. The van der Waals surface area contributed by atoms with Crippen LogP contribution in [0.2, 0.25) is 0 Å². The van der Waals surface area contributed by atoms with Gasteiger partial charge in [0.05, 0.1) is 24.3 Å². The fraction of sp³-hybridized carbons (Fsp3) is 0.269. The van der Waals surface area contributed by atoms with Crippen molar-refractivity contribution in [3.05, 3.63) is 84.2 Å². The van der Waals surface area contributed by atoms with Crippen molar-refractivity contribution in [1.29, 1.82) is 0 Å². The van der Waals surface area contributed by atoms with E-state index < -0.39 is 28.3 Å². The molecule has 3 rings (SSSR count). The van der Waals surface area contributed by atoms with Gasteiger partial charge in [0.25, 0.3) is 10.0 Å². The van der Waals surface area contributed by atoms with Crippen LogP contribution >= 0.6 is 0 Å². The number of ether oxygens (including phenoxy) is 2. The van der Waals surface area contributed by atoms with Gasteiger partial charge in [0.15, 0.2) is 0 Å². The van der Waals surface area contributed by atoms with Gasteiger partial charge in [-0.25, -0.2) is 12.8 Å². The smallest absolute Gasteiger partial charge is 0.264 e. The number of nitrogens with one attached hydrogen (secondary N) is 1. The minimum Gasteiger partial charge on any atom is -0.496 e. The van der Waals surface area contributed by atoms with E-state index in [4.69, 9.17) is 9.47 Å². The highest BCUT2D eigenvalue weighted by Gasteiger charge is 2.27. The van der Waals surface area contributed by atoms with E-state index in [0.29, 0.717) is 31.7 Å². The van der Waals surface area contributed by atoms with E-state index in [0.717, 1.165) is 27.8 Å². The fourth-order valence-electron chi connectivity index (χ4n) is 3.53. The zero-order valence-electron chi connectivity index (χ0n) is 19.7. The Kier molecular flexibility index (Phi) is 9.08. The lowest BCUT2D eigenvalue weighted by Gasteiger charge is -2.24. The van der Waals surface area contributed by atoms with Gasteiger partial charge in [0.1, 0.15) is 23.9 Å². The number of para-hydroxylation sites is 1. The molecule has 0 saturated carbocycles. The summed E-state index contributed by atoms with van der Waals surface area (Å²) in [5, 5.41) is 2.77. The predicted molar refractivity (Wildman–Crippen MR) is 133 cm³/mol. The van der Waals surface area contributed by atoms with E-state index in [1.807, 2.05) is 31.2 Å². The van der Waals surface area contributed by atoms with Gasteiger partial charge in [-0.1, -0.05) is 18.2 Å². The van der Waals surface area contributed by atoms with Crippen LogP contribution in [0.15, 0.2) is 77.7 Å². The highest BCUT2D eigenvalue weighted by atomic mass is 32.2. The second kappa shape index (κ2) is 12.2. The highest BCUT2D eigenvalue weighted by Crippen LogP contribution is 2.25. The molecule has 0 saturated heterocycles.